The molecule has 0 unspecified atom stereocenters. The molecule has 1 aromatic rings. The molecular weight excluding hydrogens is 502 g/mol. The molecule has 1 aliphatic carbocycles. The molecule has 1 fully saturated rings. The molecule has 0 saturated heterocycles. The first-order chi connectivity index (χ1) is 19.6. The number of carboxylic acids is 1. The second kappa shape index (κ2) is 30.9. The number of aliphatic carboxylic acids is 1. The fourth-order valence-corrected chi connectivity index (χ4v) is 5.06. The summed E-state index contributed by atoms with van der Waals surface area (Å²) in [7, 11) is 0. The Morgan fingerprint density at radius 3 is 1.90 bits per heavy atom. The van der Waals surface area contributed by atoms with Gasteiger partial charge in [0.15, 0.2) is 0 Å². The van der Waals surface area contributed by atoms with Crippen LogP contribution in [0, 0.1) is 25.7 Å². The van der Waals surface area contributed by atoms with Crippen molar-refractivity contribution < 1.29 is 9.90 Å². The smallest absolute Gasteiger partial charge is 0.300 e. The van der Waals surface area contributed by atoms with Crippen molar-refractivity contribution >= 4 is 11.7 Å². The third-order valence-corrected chi connectivity index (χ3v) is 7.31. The normalized spacial score (nSPS) is 13.0. The monoisotopic (exact) mass is 574 g/mol. The van der Waals surface area contributed by atoms with Crippen LogP contribution < -0.4 is 5.32 Å². The number of nitrogens with one attached hydrogen (secondary N) is 1. The van der Waals surface area contributed by atoms with Gasteiger partial charge >= 0.3 is 0 Å². The van der Waals surface area contributed by atoms with Crippen LogP contribution in [0.2, 0.25) is 0 Å². The molecule has 1 saturated carbocycles. The Balaban J connectivity index is -0.000000512. The van der Waals surface area contributed by atoms with Gasteiger partial charge in [-0.25, -0.2) is 0 Å². The van der Waals surface area contributed by atoms with Gasteiger partial charge in [0.25, 0.3) is 5.97 Å². The Bertz CT molecular complexity index is 753. The van der Waals surface area contributed by atoms with Crippen LogP contribution in [0.15, 0.2) is 36.4 Å². The maximum atomic E-state index is 9.00. The molecule has 3 heteroatoms. The van der Waals surface area contributed by atoms with Crippen molar-refractivity contribution in [2.75, 3.05) is 6.54 Å². The number of aryl methyl sites for hydroxylation is 2. The second-order valence-corrected chi connectivity index (χ2v) is 11.2. The molecule has 1 aliphatic rings. The van der Waals surface area contributed by atoms with Crippen LogP contribution >= 0.6 is 0 Å². The number of allylic oxidation sites excluding steroid dienone is 2. The van der Waals surface area contributed by atoms with E-state index in [1.165, 1.54) is 105 Å². The zero-order valence-electron chi connectivity index (χ0n) is 29.4. The van der Waals surface area contributed by atoms with Crippen LogP contribution in [0.3, 0.4) is 0 Å². The molecule has 0 heterocycles. The first-order valence-electron chi connectivity index (χ1n) is 17.0. The van der Waals surface area contributed by atoms with Gasteiger partial charge in [-0.3, -0.25) is 4.79 Å². The molecule has 0 spiro atoms. The van der Waals surface area contributed by atoms with E-state index in [0.717, 1.165) is 31.7 Å². The van der Waals surface area contributed by atoms with Crippen LogP contribution in [0.25, 0.3) is 5.70 Å². The third kappa shape index (κ3) is 25.4. The van der Waals surface area contributed by atoms with Crippen LogP contribution in [-0.2, 0) is 4.79 Å². The molecule has 0 aromatic heterocycles. The molecule has 0 radical (unpaired) electrons. The van der Waals surface area contributed by atoms with Gasteiger partial charge in [-0.15, -0.1) is 0 Å². The largest absolute Gasteiger partial charge is 0.481 e. The van der Waals surface area contributed by atoms with E-state index < -0.39 is 5.97 Å². The lowest BCUT2D eigenvalue weighted by atomic mass is 9.86. The van der Waals surface area contributed by atoms with Crippen LogP contribution in [0.4, 0.5) is 0 Å². The summed E-state index contributed by atoms with van der Waals surface area (Å²) in [6.07, 6.45) is 20.4. The SMILES string of the molecule is C=C/C(C)=C(/NCCC)c1cc(C)ccc1C.CC.CC(=O)O.CCCC(CC)CCC.CCCC1CCCCC1. The molecule has 0 amide bonds. The van der Waals surface area contributed by atoms with Crippen LogP contribution in [0.5, 0.6) is 0 Å². The molecule has 3 nitrogen and oxygen atoms in total. The molecule has 1 aromatic carbocycles. The number of hydrogen-bond acceptors (Lipinski definition) is 2. The minimum absolute atomic E-state index is 0.833. The maximum absolute atomic E-state index is 9.00. The lowest BCUT2D eigenvalue weighted by Gasteiger charge is -2.20. The van der Waals surface area contributed by atoms with Crippen molar-refractivity contribution in [2.24, 2.45) is 11.8 Å². The van der Waals surface area contributed by atoms with Crippen molar-refractivity contribution in [3.63, 3.8) is 0 Å². The molecule has 41 heavy (non-hydrogen) atoms. The number of carboxylic acid groups (broad SMARTS) is 1. The zero-order chi connectivity index (χ0) is 32.1. The van der Waals surface area contributed by atoms with Gasteiger partial charge < -0.3 is 10.4 Å². The quantitative estimate of drug-likeness (QED) is 0.244. The molecule has 2 rings (SSSR count). The van der Waals surface area contributed by atoms with Gasteiger partial charge in [0.05, 0.1) is 0 Å². The Morgan fingerprint density at radius 2 is 1.49 bits per heavy atom. The topological polar surface area (TPSA) is 49.3 Å². The highest BCUT2D eigenvalue weighted by Crippen LogP contribution is 2.27. The van der Waals surface area contributed by atoms with E-state index in [4.69, 9.17) is 9.90 Å². The minimum Gasteiger partial charge on any atom is -0.481 e. The molecule has 0 aliphatic heterocycles. The molecule has 240 valence electrons. The summed E-state index contributed by atoms with van der Waals surface area (Å²) in [5.74, 6) is 1.28. The molecule has 0 bridgehead atoms. The van der Waals surface area contributed by atoms with Gasteiger partial charge in [0.2, 0.25) is 0 Å². The van der Waals surface area contributed by atoms with Crippen molar-refractivity contribution in [1.29, 1.82) is 0 Å². The second-order valence-electron chi connectivity index (χ2n) is 11.2. The van der Waals surface area contributed by atoms with Gasteiger partial charge in [0, 0.05) is 24.7 Å². The summed E-state index contributed by atoms with van der Waals surface area (Å²) in [4.78, 5) is 9.00. The van der Waals surface area contributed by atoms with Crippen molar-refractivity contribution in [3.8, 4) is 0 Å². The van der Waals surface area contributed by atoms with Crippen molar-refractivity contribution in [2.45, 2.75) is 160 Å². The number of benzene rings is 1. The summed E-state index contributed by atoms with van der Waals surface area (Å²) in [5.41, 5.74) is 6.29. The lowest BCUT2D eigenvalue weighted by molar-refractivity contribution is -0.134. The van der Waals surface area contributed by atoms with E-state index in [1.54, 1.807) is 0 Å². The Hall–Kier alpha value is -2.03. The fourth-order valence-electron chi connectivity index (χ4n) is 5.06. The Kier molecular flexibility index (Phi) is 32.7. The summed E-state index contributed by atoms with van der Waals surface area (Å²) < 4.78 is 0. The highest BCUT2D eigenvalue weighted by molar-refractivity contribution is 5.71. The summed E-state index contributed by atoms with van der Waals surface area (Å²) in [6.45, 7) is 27.7. The van der Waals surface area contributed by atoms with E-state index in [-0.39, 0.29) is 0 Å². The average molecular weight is 574 g/mol. The summed E-state index contributed by atoms with van der Waals surface area (Å²) >= 11 is 0. The van der Waals surface area contributed by atoms with Crippen LogP contribution in [-0.4, -0.2) is 17.6 Å². The summed E-state index contributed by atoms with van der Waals surface area (Å²) in [6, 6.07) is 6.56. The van der Waals surface area contributed by atoms with Crippen molar-refractivity contribution in [3.05, 3.63) is 53.1 Å². The third-order valence-electron chi connectivity index (χ3n) is 7.31. The fraction of sp³-hybridized carbons (Fsp3) is 0.711. The standard InChI is InChI=1S/C16H23N.C9H18.C9H20.C2H4O2.C2H6/c1-6-10-17-16(13(4)7-2)15-11-12(3)8-9-14(15)5;1-2-6-9-7-4-3-5-8-9;1-4-7-9(6-3)8-5-2;1-2(3)4;1-2/h7-9,11,17H,2,6,10H2,1,3-5H3;9H,2-8H2,1H3;9H,4-8H2,1-3H3;1H3,(H,3,4);1-2H3/b16-13+;;;;. The molecule has 2 N–H and O–H groups in total. The first-order valence-corrected chi connectivity index (χ1v) is 17.0. The lowest BCUT2D eigenvalue weighted by Crippen LogP contribution is -2.15. The maximum Gasteiger partial charge on any atom is 0.300 e. The van der Waals surface area contributed by atoms with Crippen molar-refractivity contribution in [1.82, 2.24) is 5.32 Å². The predicted octanol–water partition coefficient (Wildman–Crippen LogP) is 12.3. The highest BCUT2D eigenvalue weighted by Gasteiger charge is 2.11. The summed E-state index contributed by atoms with van der Waals surface area (Å²) in [5, 5.41) is 10.9. The van der Waals surface area contributed by atoms with E-state index in [1.807, 2.05) is 19.9 Å². The molecular formula is C38H71NO2. The molecule has 0 atom stereocenters. The van der Waals surface area contributed by atoms with E-state index >= 15 is 0 Å². The van der Waals surface area contributed by atoms with E-state index in [9.17, 15) is 0 Å². The average Bonchev–Trinajstić information content (AvgIpc) is 2.97. The Labute approximate surface area is 257 Å². The van der Waals surface area contributed by atoms with Gasteiger partial charge in [0.1, 0.15) is 0 Å². The Morgan fingerprint density at radius 1 is 0.951 bits per heavy atom. The first kappa shape index (κ1) is 43.4. The van der Waals surface area contributed by atoms with Crippen LogP contribution in [0.1, 0.15) is 162 Å². The van der Waals surface area contributed by atoms with E-state index in [2.05, 4.69) is 85.5 Å². The number of carbonyl (C=O) groups is 1. The predicted molar refractivity (Wildman–Crippen MR) is 187 cm³/mol. The highest BCUT2D eigenvalue weighted by atomic mass is 16.4. The number of rotatable bonds is 12. The van der Waals surface area contributed by atoms with Gasteiger partial charge in [-0.1, -0.05) is 156 Å². The van der Waals surface area contributed by atoms with E-state index in [0.29, 0.717) is 0 Å². The van der Waals surface area contributed by atoms with Gasteiger partial charge in [-0.05, 0) is 56.2 Å². The minimum atomic E-state index is -0.833. The number of hydrogen-bond donors (Lipinski definition) is 2. The zero-order valence-corrected chi connectivity index (χ0v) is 29.4. The van der Waals surface area contributed by atoms with Gasteiger partial charge in [-0.2, -0.15) is 0 Å².